The Hall–Kier alpha value is -3.66. The van der Waals surface area contributed by atoms with Gasteiger partial charge in [0.05, 0.1) is 12.6 Å². The molecule has 0 aliphatic carbocycles. The summed E-state index contributed by atoms with van der Waals surface area (Å²) < 4.78 is 0.973. The van der Waals surface area contributed by atoms with Gasteiger partial charge in [-0.3, -0.25) is 14.8 Å². The number of carbonyl (C=O) groups excluding carboxylic acids is 2. The number of aliphatic hydroxyl groups is 1. The lowest BCUT2D eigenvalue weighted by molar-refractivity contribution is -0.133. The third kappa shape index (κ3) is 7.41. The minimum absolute atomic E-state index is 0.151. The van der Waals surface area contributed by atoms with Gasteiger partial charge in [0.25, 0.3) is 5.91 Å². The van der Waals surface area contributed by atoms with Gasteiger partial charge < -0.3 is 21.1 Å². The number of amides is 2. The second-order valence-electron chi connectivity index (χ2n) is 7.88. The summed E-state index contributed by atoms with van der Waals surface area (Å²) >= 11 is 3.38. The molecule has 2 atom stereocenters. The van der Waals surface area contributed by atoms with Gasteiger partial charge in [-0.25, -0.2) is 5.48 Å². The molecule has 182 valence electrons. The maximum Gasteiger partial charge on any atom is 0.268 e. The minimum Gasteiger partial charge on any atom is -0.391 e. The second kappa shape index (κ2) is 12.2. The van der Waals surface area contributed by atoms with E-state index in [9.17, 15) is 14.7 Å². The zero-order valence-corrected chi connectivity index (χ0v) is 20.7. The van der Waals surface area contributed by atoms with Gasteiger partial charge in [0.2, 0.25) is 5.91 Å². The molecule has 3 aromatic rings. The standard InChI is InChI=1S/C26H27BrN4O4/c1-16(29-25(17(2)32)26(34)31-35)18-3-5-19(6-4-18)20-7-11-23(12-8-20)30-24(33)15-28-22-13-9-21(27)10-14-22/h3-14,17,25,28-29,32,35H,1,15H2,2H3,(H,30,33)(H,31,34)/t17-,25+/m1/s1. The van der Waals surface area contributed by atoms with Crippen molar-refractivity contribution in [1.29, 1.82) is 0 Å². The molecule has 0 spiro atoms. The summed E-state index contributed by atoms with van der Waals surface area (Å²) in [5, 5.41) is 27.4. The highest BCUT2D eigenvalue weighted by Gasteiger charge is 2.23. The monoisotopic (exact) mass is 538 g/mol. The van der Waals surface area contributed by atoms with Crippen LogP contribution in [0.5, 0.6) is 0 Å². The minimum atomic E-state index is -1.04. The average molecular weight is 539 g/mol. The van der Waals surface area contributed by atoms with E-state index in [4.69, 9.17) is 5.21 Å². The first-order chi connectivity index (χ1) is 16.8. The largest absolute Gasteiger partial charge is 0.391 e. The second-order valence-corrected chi connectivity index (χ2v) is 8.80. The van der Waals surface area contributed by atoms with Gasteiger partial charge in [0.1, 0.15) is 6.04 Å². The molecule has 8 nitrogen and oxygen atoms in total. The lowest BCUT2D eigenvalue weighted by Crippen LogP contribution is -2.48. The summed E-state index contributed by atoms with van der Waals surface area (Å²) in [6.07, 6.45) is -1.03. The van der Waals surface area contributed by atoms with Crippen LogP contribution >= 0.6 is 15.9 Å². The predicted molar refractivity (Wildman–Crippen MR) is 141 cm³/mol. The van der Waals surface area contributed by atoms with Gasteiger partial charge in [-0.1, -0.05) is 58.9 Å². The molecule has 9 heteroatoms. The number of rotatable bonds is 10. The number of halogens is 1. The van der Waals surface area contributed by atoms with Gasteiger partial charge in [0.15, 0.2) is 0 Å². The maximum atomic E-state index is 12.2. The lowest BCUT2D eigenvalue weighted by Gasteiger charge is -2.22. The third-order valence-corrected chi connectivity index (χ3v) is 5.77. The van der Waals surface area contributed by atoms with Gasteiger partial charge >= 0.3 is 0 Å². The Bertz CT molecular complexity index is 1160. The smallest absolute Gasteiger partial charge is 0.268 e. The van der Waals surface area contributed by atoms with Crippen LogP contribution in [0.3, 0.4) is 0 Å². The highest BCUT2D eigenvalue weighted by molar-refractivity contribution is 9.10. The van der Waals surface area contributed by atoms with Crippen LogP contribution in [0.1, 0.15) is 12.5 Å². The molecule has 0 aliphatic rings. The third-order valence-electron chi connectivity index (χ3n) is 5.24. The summed E-state index contributed by atoms with van der Waals surface area (Å²) in [5.41, 5.74) is 6.16. The van der Waals surface area contributed by atoms with E-state index in [1.54, 1.807) is 0 Å². The molecule has 35 heavy (non-hydrogen) atoms. The molecule has 0 saturated carbocycles. The quantitative estimate of drug-likeness (QED) is 0.171. The lowest BCUT2D eigenvalue weighted by atomic mass is 10.0. The Morgan fingerprint density at radius 3 is 2.00 bits per heavy atom. The summed E-state index contributed by atoms with van der Waals surface area (Å²) in [7, 11) is 0. The summed E-state index contributed by atoms with van der Waals surface area (Å²) in [6, 6.07) is 21.5. The molecule has 0 unspecified atom stereocenters. The Morgan fingerprint density at radius 1 is 0.914 bits per heavy atom. The number of hydroxylamine groups is 1. The van der Waals surface area contributed by atoms with Crippen LogP contribution in [0.2, 0.25) is 0 Å². The number of aliphatic hydroxyl groups excluding tert-OH is 1. The van der Waals surface area contributed by atoms with Crippen molar-refractivity contribution in [2.75, 3.05) is 17.2 Å². The van der Waals surface area contributed by atoms with Crippen LogP contribution in [0.4, 0.5) is 11.4 Å². The number of hydrogen-bond donors (Lipinski definition) is 6. The van der Waals surface area contributed by atoms with Crippen LogP contribution in [-0.4, -0.2) is 40.8 Å². The van der Waals surface area contributed by atoms with Crippen LogP contribution in [0.15, 0.2) is 83.8 Å². The van der Waals surface area contributed by atoms with Gasteiger partial charge in [-0.15, -0.1) is 0 Å². The van der Waals surface area contributed by atoms with E-state index in [0.29, 0.717) is 11.4 Å². The molecule has 0 heterocycles. The van der Waals surface area contributed by atoms with E-state index < -0.39 is 18.1 Å². The molecule has 0 bridgehead atoms. The Balaban J connectivity index is 1.57. The van der Waals surface area contributed by atoms with E-state index in [-0.39, 0.29) is 12.5 Å². The number of hydrogen-bond acceptors (Lipinski definition) is 6. The molecule has 0 fully saturated rings. The Kier molecular flexibility index (Phi) is 9.02. The van der Waals surface area contributed by atoms with Crippen LogP contribution in [0.25, 0.3) is 16.8 Å². The molecule has 2 amide bonds. The number of carbonyl (C=O) groups is 2. The maximum absolute atomic E-state index is 12.2. The van der Waals surface area contributed by atoms with Crippen molar-refractivity contribution in [3.8, 4) is 11.1 Å². The average Bonchev–Trinajstić information content (AvgIpc) is 2.86. The fourth-order valence-corrected chi connectivity index (χ4v) is 3.58. The molecular formula is C26H27BrN4O4. The van der Waals surface area contributed by atoms with E-state index in [0.717, 1.165) is 26.9 Å². The van der Waals surface area contributed by atoms with Crippen LogP contribution in [-0.2, 0) is 9.59 Å². The van der Waals surface area contributed by atoms with Crippen LogP contribution < -0.4 is 21.4 Å². The highest BCUT2D eigenvalue weighted by Crippen LogP contribution is 2.23. The highest BCUT2D eigenvalue weighted by atomic mass is 79.9. The van der Waals surface area contributed by atoms with Crippen molar-refractivity contribution in [2.45, 2.75) is 19.1 Å². The SMILES string of the molecule is C=C(N[C@H](C(=O)NO)[C@@H](C)O)c1ccc(-c2ccc(NC(=O)CNc3ccc(Br)cc3)cc2)cc1. The molecule has 6 N–H and O–H groups in total. The van der Waals surface area contributed by atoms with Gasteiger partial charge in [0, 0.05) is 21.5 Å². The molecule has 0 aromatic heterocycles. The van der Waals surface area contributed by atoms with E-state index >= 15 is 0 Å². The summed E-state index contributed by atoms with van der Waals surface area (Å²) in [4.78, 5) is 23.9. The van der Waals surface area contributed by atoms with E-state index in [2.05, 4.69) is 38.5 Å². The fraction of sp³-hybridized carbons (Fsp3) is 0.154. The van der Waals surface area contributed by atoms with Crippen molar-refractivity contribution in [3.63, 3.8) is 0 Å². The summed E-state index contributed by atoms with van der Waals surface area (Å²) in [6.45, 7) is 5.50. The zero-order chi connectivity index (χ0) is 25.4. The van der Waals surface area contributed by atoms with E-state index in [1.165, 1.54) is 12.4 Å². The van der Waals surface area contributed by atoms with Gasteiger partial charge in [-0.05, 0) is 60.0 Å². The first-order valence-corrected chi connectivity index (χ1v) is 11.6. The molecular weight excluding hydrogens is 512 g/mol. The molecule has 3 rings (SSSR count). The Morgan fingerprint density at radius 2 is 1.46 bits per heavy atom. The zero-order valence-electron chi connectivity index (χ0n) is 19.1. The fourth-order valence-electron chi connectivity index (χ4n) is 3.31. The predicted octanol–water partition coefficient (Wildman–Crippen LogP) is 3.98. The molecule has 0 radical (unpaired) electrons. The normalized spacial score (nSPS) is 12.2. The molecule has 0 saturated heterocycles. The van der Waals surface area contributed by atoms with Crippen molar-refractivity contribution in [3.05, 3.63) is 89.4 Å². The van der Waals surface area contributed by atoms with Crippen molar-refractivity contribution < 1.29 is 19.9 Å². The molecule has 0 aliphatic heterocycles. The number of nitrogens with one attached hydrogen (secondary N) is 4. The van der Waals surface area contributed by atoms with Crippen molar-refractivity contribution in [1.82, 2.24) is 10.8 Å². The van der Waals surface area contributed by atoms with E-state index in [1.807, 2.05) is 72.8 Å². The topological polar surface area (TPSA) is 123 Å². The summed E-state index contributed by atoms with van der Waals surface area (Å²) in [5.74, 6) is -0.907. The number of benzene rings is 3. The number of anilines is 2. The first-order valence-electron chi connectivity index (χ1n) is 10.8. The van der Waals surface area contributed by atoms with Crippen molar-refractivity contribution >= 4 is 44.8 Å². The Labute approximate surface area is 212 Å². The molecule has 3 aromatic carbocycles. The van der Waals surface area contributed by atoms with Crippen LogP contribution in [0, 0.1) is 0 Å². The van der Waals surface area contributed by atoms with Crippen molar-refractivity contribution in [2.24, 2.45) is 0 Å². The first kappa shape index (κ1) is 26.0. The van der Waals surface area contributed by atoms with Gasteiger partial charge in [-0.2, -0.15) is 0 Å².